The summed E-state index contributed by atoms with van der Waals surface area (Å²) in [5.74, 6) is -3.33. The molecule has 0 bridgehead atoms. The number of rotatable bonds is 29. The summed E-state index contributed by atoms with van der Waals surface area (Å²) in [6.45, 7) is 10.3. The fourth-order valence-electron chi connectivity index (χ4n) is 10.1. The Hall–Kier alpha value is -5.72. The van der Waals surface area contributed by atoms with Crippen LogP contribution < -0.4 is 16.0 Å². The van der Waals surface area contributed by atoms with Crippen molar-refractivity contribution in [3.63, 3.8) is 0 Å². The second-order valence-corrected chi connectivity index (χ2v) is 19.8. The van der Waals surface area contributed by atoms with E-state index in [1.807, 2.05) is 81.2 Å². The second-order valence-electron chi connectivity index (χ2n) is 19.8. The number of hydrogen-bond acceptors (Lipinski definition) is 12. The first-order valence-electron chi connectivity index (χ1n) is 25.6. The number of esters is 1. The number of nitrogens with zero attached hydrogens (tertiary/aromatic N) is 4. The number of anilines is 1. The van der Waals surface area contributed by atoms with E-state index in [1.54, 1.807) is 36.8 Å². The van der Waals surface area contributed by atoms with Crippen molar-refractivity contribution < 1.29 is 52.6 Å². The molecule has 0 spiro atoms. The summed E-state index contributed by atoms with van der Waals surface area (Å²) < 4.78 is 16.9. The fraction of sp³-hybridized carbons (Fsp3) is 0.630. The molecule has 2 heterocycles. The predicted octanol–water partition coefficient (Wildman–Crippen LogP) is 4.73. The van der Waals surface area contributed by atoms with Crippen LogP contribution in [-0.4, -0.2) is 158 Å². The molecular formula is C54H81N7O11. The van der Waals surface area contributed by atoms with Crippen LogP contribution in [0, 0.1) is 17.8 Å². The molecule has 0 radical (unpaired) electrons. The molecule has 2 saturated heterocycles. The van der Waals surface area contributed by atoms with Crippen molar-refractivity contribution in [2.24, 2.45) is 17.8 Å². The lowest BCUT2D eigenvalue weighted by molar-refractivity contribution is -0.147. The number of likely N-dealkylation sites (N-methyl/N-ethyl adjacent to an activating group) is 2. The Morgan fingerprint density at radius 2 is 1.58 bits per heavy atom. The van der Waals surface area contributed by atoms with Gasteiger partial charge in [0.05, 0.1) is 56.3 Å². The van der Waals surface area contributed by atoms with E-state index in [1.165, 1.54) is 26.2 Å². The molecule has 3 N–H and O–H groups in total. The largest absolute Gasteiger partial charge is 0.467 e. The molecule has 8 atom stereocenters. The Balaban J connectivity index is 1.30. The molecule has 0 aliphatic carbocycles. The van der Waals surface area contributed by atoms with Crippen molar-refractivity contribution in [2.45, 2.75) is 148 Å². The average molecular weight is 1000 g/mol. The van der Waals surface area contributed by atoms with Gasteiger partial charge in [-0.25, -0.2) is 4.79 Å². The summed E-state index contributed by atoms with van der Waals surface area (Å²) in [7, 11) is 7.80. The van der Waals surface area contributed by atoms with Gasteiger partial charge in [0.15, 0.2) is 0 Å². The van der Waals surface area contributed by atoms with Gasteiger partial charge in [0, 0.05) is 71.8 Å². The third-order valence-corrected chi connectivity index (χ3v) is 14.0. The zero-order valence-electron chi connectivity index (χ0n) is 44.3. The van der Waals surface area contributed by atoms with Crippen LogP contribution in [0.3, 0.4) is 0 Å². The zero-order chi connectivity index (χ0) is 53.1. The Bertz CT molecular complexity index is 2140. The molecule has 2 aliphatic heterocycles. The summed E-state index contributed by atoms with van der Waals surface area (Å²) >= 11 is 0. The molecule has 2 aromatic carbocycles. The highest BCUT2D eigenvalue weighted by atomic mass is 16.5. The minimum Gasteiger partial charge on any atom is -0.467 e. The highest BCUT2D eigenvalue weighted by molar-refractivity contribution is 6.03. The topological polar surface area (TPSA) is 213 Å². The Labute approximate surface area is 426 Å². The minimum atomic E-state index is -0.915. The van der Waals surface area contributed by atoms with Crippen LogP contribution in [0.15, 0.2) is 54.6 Å². The summed E-state index contributed by atoms with van der Waals surface area (Å²) in [6.07, 6.45) is 3.94. The number of likely N-dealkylation sites (tertiary alicyclic amines) is 2. The number of amides is 7. The predicted molar refractivity (Wildman–Crippen MR) is 273 cm³/mol. The molecule has 2 fully saturated rings. The molecule has 7 amide bonds. The number of ether oxygens (including phenoxy) is 3. The molecule has 398 valence electrons. The lowest BCUT2D eigenvalue weighted by atomic mass is 9.93. The normalized spacial score (nSPS) is 18.3. The molecule has 18 heteroatoms. The number of carbonyl (C=O) groups excluding carboxylic acids is 8. The highest BCUT2D eigenvalue weighted by Crippen LogP contribution is 2.29. The molecule has 2 aliphatic rings. The van der Waals surface area contributed by atoms with E-state index in [4.69, 9.17) is 14.2 Å². The molecule has 72 heavy (non-hydrogen) atoms. The zero-order valence-corrected chi connectivity index (χ0v) is 44.3. The summed E-state index contributed by atoms with van der Waals surface area (Å²) in [5.41, 5.74) is 2.37. The van der Waals surface area contributed by atoms with Crippen molar-refractivity contribution in [2.75, 3.05) is 60.4 Å². The minimum absolute atomic E-state index is 0.0300. The van der Waals surface area contributed by atoms with Gasteiger partial charge < -0.3 is 40.0 Å². The van der Waals surface area contributed by atoms with Crippen molar-refractivity contribution in [3.05, 3.63) is 65.7 Å². The van der Waals surface area contributed by atoms with E-state index >= 15 is 0 Å². The van der Waals surface area contributed by atoms with E-state index in [0.717, 1.165) is 11.1 Å². The van der Waals surface area contributed by atoms with Crippen molar-refractivity contribution in [3.8, 4) is 0 Å². The van der Waals surface area contributed by atoms with Crippen molar-refractivity contribution in [1.82, 2.24) is 30.2 Å². The lowest BCUT2D eigenvalue weighted by Gasteiger charge is -2.37. The maximum absolute atomic E-state index is 14.2. The van der Waals surface area contributed by atoms with Crippen LogP contribution in [0.4, 0.5) is 5.69 Å². The quantitative estimate of drug-likeness (QED) is 0.0574. The molecule has 0 saturated carbocycles. The first kappa shape index (κ1) is 58.8. The number of hydrogen-bond donors (Lipinski definition) is 3. The standard InChI is InChI=1S/C54H81N7O11/c1-11-20-42(44(70-8)32-47(64)60-28-19-25-43(60)50(71-9)37(5)51(66)57-41(54(69)72-10)31-38-21-14-12-15-22-38)59(7)48(65)33-55-52(67)49(35(2)3)58(6)34-39-23-18-24-40(30-39)56-45(62)26-16-13-17-27-61-46(63)29-36(4)53(61)68/h12,14-15,18,21-24,30,35-37,41-44,49-50H,11,13,16-17,19-20,25-29,31-34H2,1-10H3,(H,55,67)(H,56,62)(H,57,66)/t36?,37-,41+,42+,43+,44-,49?,50-/m1/s1. The van der Waals surface area contributed by atoms with Gasteiger partial charge in [-0.15, -0.1) is 0 Å². The van der Waals surface area contributed by atoms with Gasteiger partial charge in [-0.2, -0.15) is 0 Å². The molecule has 4 rings (SSSR count). The maximum Gasteiger partial charge on any atom is 0.328 e. The first-order valence-corrected chi connectivity index (χ1v) is 25.6. The monoisotopic (exact) mass is 1000 g/mol. The van der Waals surface area contributed by atoms with Gasteiger partial charge in [0.25, 0.3) is 0 Å². The van der Waals surface area contributed by atoms with E-state index in [2.05, 4.69) is 16.0 Å². The number of imide groups is 1. The van der Waals surface area contributed by atoms with Crippen molar-refractivity contribution >= 4 is 53.0 Å². The summed E-state index contributed by atoms with van der Waals surface area (Å²) in [5, 5.41) is 8.67. The first-order chi connectivity index (χ1) is 34.3. The second kappa shape index (κ2) is 29.1. The molecule has 0 aromatic heterocycles. The van der Waals surface area contributed by atoms with Crippen molar-refractivity contribution in [1.29, 1.82) is 0 Å². The third kappa shape index (κ3) is 16.7. The van der Waals surface area contributed by atoms with E-state index in [9.17, 15) is 38.4 Å². The van der Waals surface area contributed by atoms with Crippen LogP contribution in [0.1, 0.15) is 110 Å². The Morgan fingerprint density at radius 1 is 0.875 bits per heavy atom. The number of carbonyl (C=O) groups is 8. The van der Waals surface area contributed by atoms with Gasteiger partial charge in [-0.05, 0) is 68.3 Å². The average Bonchev–Trinajstić information content (AvgIpc) is 3.93. The van der Waals surface area contributed by atoms with E-state index < -0.39 is 54.2 Å². The number of methoxy groups -OCH3 is 3. The van der Waals surface area contributed by atoms with Gasteiger partial charge in [-0.3, -0.25) is 43.4 Å². The smallest absolute Gasteiger partial charge is 0.328 e. The van der Waals surface area contributed by atoms with Crippen LogP contribution in [-0.2, 0) is 65.5 Å². The molecule has 2 aromatic rings. The Morgan fingerprint density at radius 3 is 2.21 bits per heavy atom. The van der Waals surface area contributed by atoms with Crippen LogP contribution in [0.2, 0.25) is 0 Å². The van der Waals surface area contributed by atoms with Crippen LogP contribution >= 0.6 is 0 Å². The molecular weight excluding hydrogens is 923 g/mol. The number of unbranched alkanes of at least 4 members (excludes halogenated alkanes) is 2. The molecule has 18 nitrogen and oxygen atoms in total. The maximum atomic E-state index is 14.2. The summed E-state index contributed by atoms with van der Waals surface area (Å²) in [4.78, 5) is 112. The summed E-state index contributed by atoms with van der Waals surface area (Å²) in [6, 6.07) is 14.3. The lowest BCUT2D eigenvalue weighted by Crippen LogP contribution is -2.54. The number of benzene rings is 2. The van der Waals surface area contributed by atoms with Gasteiger partial charge in [-0.1, -0.05) is 89.9 Å². The van der Waals surface area contributed by atoms with E-state index in [0.29, 0.717) is 76.7 Å². The third-order valence-electron chi connectivity index (χ3n) is 14.0. The molecule has 2 unspecified atom stereocenters. The fourth-order valence-corrected chi connectivity index (χ4v) is 10.1. The SMILES string of the molecule is CCC[C@@H]([C@@H](CC(=O)N1CCC[C@H]1[C@H](OC)[C@@H](C)C(=O)N[C@@H](Cc1ccccc1)C(=O)OC)OC)N(C)C(=O)CNC(=O)C(C(C)C)N(C)Cc1cccc(NC(=O)CCCCCN2C(=O)CC(C)C2=O)c1. The Kier molecular flexibility index (Phi) is 23.8. The van der Waals surface area contributed by atoms with Gasteiger partial charge in [0.1, 0.15) is 6.04 Å². The van der Waals surface area contributed by atoms with Crippen LogP contribution in [0.5, 0.6) is 0 Å². The van der Waals surface area contributed by atoms with Gasteiger partial charge >= 0.3 is 5.97 Å². The van der Waals surface area contributed by atoms with Crippen LogP contribution in [0.25, 0.3) is 0 Å². The van der Waals surface area contributed by atoms with Gasteiger partial charge in [0.2, 0.25) is 41.4 Å². The highest BCUT2D eigenvalue weighted by Gasteiger charge is 2.42. The number of nitrogens with one attached hydrogen (secondary N) is 3. The van der Waals surface area contributed by atoms with E-state index in [-0.39, 0.29) is 73.1 Å².